The summed E-state index contributed by atoms with van der Waals surface area (Å²) in [5.41, 5.74) is -1.16. The molecule has 0 aromatic heterocycles. The third-order valence-electron chi connectivity index (χ3n) is 4.42. The number of para-hydroxylation sites is 1. The second-order valence-electron chi connectivity index (χ2n) is 6.02. The first kappa shape index (κ1) is 22.0. The number of phenols is 2. The fourth-order valence-electron chi connectivity index (χ4n) is 3.27. The standard InChI is InChI=1S/C19H12Cl4O5S/c20-11-5-3-6-12(21)16(11)19(29(26,27)28,10-4-1-2-7-15(10)24)17-13(22)8-9-14(23)18(17)25/h1-9,24-25H,(H,26,27,28). The molecule has 0 aliphatic rings. The average molecular weight is 494 g/mol. The molecule has 3 aromatic carbocycles. The largest absolute Gasteiger partial charge is 0.508 e. The van der Waals surface area contributed by atoms with Gasteiger partial charge in [-0.2, -0.15) is 8.42 Å². The van der Waals surface area contributed by atoms with Gasteiger partial charge in [-0.25, -0.2) is 0 Å². The highest BCUT2D eigenvalue weighted by atomic mass is 35.5. The minimum atomic E-state index is -5.25. The molecule has 0 radical (unpaired) electrons. The number of halogens is 4. The van der Waals surface area contributed by atoms with E-state index in [4.69, 9.17) is 46.4 Å². The van der Waals surface area contributed by atoms with E-state index >= 15 is 0 Å². The Morgan fingerprint density at radius 2 is 1.21 bits per heavy atom. The van der Waals surface area contributed by atoms with Crippen molar-refractivity contribution in [3.8, 4) is 11.5 Å². The highest BCUT2D eigenvalue weighted by Crippen LogP contribution is 2.56. The van der Waals surface area contributed by atoms with Crippen LogP contribution in [-0.2, 0) is 14.9 Å². The molecule has 1 atom stereocenters. The van der Waals surface area contributed by atoms with Crippen LogP contribution in [0.1, 0.15) is 16.7 Å². The smallest absolute Gasteiger partial charge is 0.283 e. The maximum atomic E-state index is 13.0. The average Bonchev–Trinajstić information content (AvgIpc) is 2.63. The van der Waals surface area contributed by atoms with Crippen LogP contribution >= 0.6 is 46.4 Å². The van der Waals surface area contributed by atoms with Crippen molar-refractivity contribution in [1.29, 1.82) is 0 Å². The van der Waals surface area contributed by atoms with Gasteiger partial charge in [0.2, 0.25) is 0 Å². The first-order chi connectivity index (χ1) is 13.5. The van der Waals surface area contributed by atoms with Crippen LogP contribution in [0.25, 0.3) is 0 Å². The summed E-state index contributed by atoms with van der Waals surface area (Å²) in [4.78, 5) is 0. The van der Waals surface area contributed by atoms with Crippen LogP contribution in [0.2, 0.25) is 20.1 Å². The predicted molar refractivity (Wildman–Crippen MR) is 114 cm³/mol. The van der Waals surface area contributed by atoms with Gasteiger partial charge in [0.05, 0.1) is 5.02 Å². The van der Waals surface area contributed by atoms with Crippen molar-refractivity contribution in [1.82, 2.24) is 0 Å². The molecule has 0 heterocycles. The van der Waals surface area contributed by atoms with Crippen molar-refractivity contribution in [2.45, 2.75) is 4.75 Å². The van der Waals surface area contributed by atoms with Crippen LogP contribution in [-0.4, -0.2) is 23.2 Å². The van der Waals surface area contributed by atoms with Gasteiger partial charge < -0.3 is 10.2 Å². The van der Waals surface area contributed by atoms with E-state index in [-0.39, 0.29) is 31.2 Å². The molecule has 0 aliphatic heterocycles. The first-order valence-corrected chi connectivity index (χ1v) is 10.9. The van der Waals surface area contributed by atoms with Gasteiger partial charge in [0.25, 0.3) is 10.1 Å². The molecule has 0 saturated carbocycles. The lowest BCUT2D eigenvalue weighted by atomic mass is 9.82. The zero-order valence-corrected chi connectivity index (χ0v) is 18.1. The highest BCUT2D eigenvalue weighted by molar-refractivity contribution is 7.87. The molecular formula is C19H12Cl4O5S. The molecule has 0 amide bonds. The number of phenolic OH excluding ortho intramolecular Hbond substituents is 2. The van der Waals surface area contributed by atoms with Crippen LogP contribution in [0.5, 0.6) is 11.5 Å². The summed E-state index contributed by atoms with van der Waals surface area (Å²) < 4.78 is 33.9. The summed E-state index contributed by atoms with van der Waals surface area (Å²) in [5.74, 6) is -1.24. The molecule has 5 nitrogen and oxygen atoms in total. The van der Waals surface area contributed by atoms with E-state index in [1.54, 1.807) is 0 Å². The Bertz CT molecular complexity index is 1190. The fourth-order valence-corrected chi connectivity index (χ4v) is 5.97. The zero-order valence-electron chi connectivity index (χ0n) is 14.3. The van der Waals surface area contributed by atoms with Crippen LogP contribution in [0.3, 0.4) is 0 Å². The van der Waals surface area contributed by atoms with Gasteiger partial charge in [-0.05, 0) is 30.3 Å². The Morgan fingerprint density at radius 1 is 0.690 bits per heavy atom. The predicted octanol–water partition coefficient (Wildman–Crippen LogP) is 5.89. The van der Waals surface area contributed by atoms with E-state index in [9.17, 15) is 23.2 Å². The van der Waals surface area contributed by atoms with Crippen molar-refractivity contribution in [2.24, 2.45) is 0 Å². The Balaban J connectivity index is 2.73. The molecule has 29 heavy (non-hydrogen) atoms. The normalized spacial score (nSPS) is 13.8. The summed E-state index contributed by atoms with van der Waals surface area (Å²) in [5, 5.41) is 20.4. The number of hydrogen-bond acceptors (Lipinski definition) is 4. The minimum Gasteiger partial charge on any atom is -0.508 e. The maximum Gasteiger partial charge on any atom is 0.283 e. The van der Waals surface area contributed by atoms with E-state index in [2.05, 4.69) is 0 Å². The lowest BCUT2D eigenvalue weighted by molar-refractivity contribution is 0.428. The second kappa shape index (κ2) is 7.87. The summed E-state index contributed by atoms with van der Waals surface area (Å²) in [6.07, 6.45) is 0. The fraction of sp³-hybridized carbons (Fsp3) is 0.0526. The number of benzene rings is 3. The van der Waals surface area contributed by atoms with E-state index < -0.39 is 31.9 Å². The molecule has 0 bridgehead atoms. The molecule has 0 spiro atoms. The Labute approximate surface area is 186 Å². The summed E-state index contributed by atoms with van der Waals surface area (Å²) in [7, 11) is -5.25. The zero-order chi connectivity index (χ0) is 21.6. The molecule has 152 valence electrons. The molecule has 3 N–H and O–H groups in total. The van der Waals surface area contributed by atoms with Crippen LogP contribution in [0.15, 0.2) is 54.6 Å². The first-order valence-electron chi connectivity index (χ1n) is 7.91. The molecule has 0 aliphatic carbocycles. The number of rotatable bonds is 4. The SMILES string of the molecule is O=S(=O)(O)C(c1ccccc1O)(c1c(Cl)cccc1Cl)c1c(Cl)ccc(Cl)c1O. The maximum absolute atomic E-state index is 13.0. The van der Waals surface area contributed by atoms with E-state index in [1.165, 1.54) is 54.6 Å². The lowest BCUT2D eigenvalue weighted by Gasteiger charge is -2.35. The molecule has 1 unspecified atom stereocenters. The second-order valence-corrected chi connectivity index (χ2v) is 9.21. The number of hydrogen-bond donors (Lipinski definition) is 3. The van der Waals surface area contributed by atoms with Crippen molar-refractivity contribution in [3.63, 3.8) is 0 Å². The van der Waals surface area contributed by atoms with Crippen LogP contribution < -0.4 is 0 Å². The summed E-state index contributed by atoms with van der Waals surface area (Å²) in [6.45, 7) is 0. The Kier molecular flexibility index (Phi) is 5.98. The van der Waals surface area contributed by atoms with Gasteiger partial charge in [-0.15, -0.1) is 0 Å². The van der Waals surface area contributed by atoms with E-state index in [0.29, 0.717) is 0 Å². The molecule has 3 rings (SSSR count). The summed E-state index contributed by atoms with van der Waals surface area (Å²) >= 11 is 24.9. The van der Waals surface area contributed by atoms with Gasteiger partial charge in [-0.3, -0.25) is 4.55 Å². The molecule has 10 heteroatoms. The van der Waals surface area contributed by atoms with E-state index in [1.807, 2.05) is 0 Å². The van der Waals surface area contributed by atoms with Crippen LogP contribution in [0, 0.1) is 0 Å². The van der Waals surface area contributed by atoms with Crippen molar-refractivity contribution in [2.75, 3.05) is 0 Å². The van der Waals surface area contributed by atoms with Gasteiger partial charge in [0.15, 0.2) is 4.75 Å². The van der Waals surface area contributed by atoms with Gasteiger partial charge in [0, 0.05) is 31.8 Å². The minimum absolute atomic E-state index is 0.158. The Morgan fingerprint density at radius 3 is 1.76 bits per heavy atom. The quantitative estimate of drug-likeness (QED) is 0.311. The van der Waals surface area contributed by atoms with Crippen molar-refractivity contribution >= 4 is 56.5 Å². The Hall–Kier alpha value is -1.67. The monoisotopic (exact) mass is 492 g/mol. The molecule has 0 saturated heterocycles. The third kappa shape index (κ3) is 3.44. The van der Waals surface area contributed by atoms with Gasteiger partial charge >= 0.3 is 0 Å². The topological polar surface area (TPSA) is 94.8 Å². The lowest BCUT2D eigenvalue weighted by Crippen LogP contribution is -2.39. The van der Waals surface area contributed by atoms with E-state index in [0.717, 1.165) is 0 Å². The highest BCUT2D eigenvalue weighted by Gasteiger charge is 2.55. The van der Waals surface area contributed by atoms with Gasteiger partial charge in [0.1, 0.15) is 11.5 Å². The molecular weight excluding hydrogens is 482 g/mol. The van der Waals surface area contributed by atoms with Gasteiger partial charge in [-0.1, -0.05) is 70.7 Å². The van der Waals surface area contributed by atoms with Crippen molar-refractivity contribution in [3.05, 3.63) is 91.4 Å². The molecule has 0 fully saturated rings. The third-order valence-corrected chi connectivity index (χ3v) is 7.07. The van der Waals surface area contributed by atoms with Crippen LogP contribution in [0.4, 0.5) is 0 Å². The molecule has 3 aromatic rings. The summed E-state index contributed by atoms with van der Waals surface area (Å²) in [6, 6.07) is 12.0. The number of aromatic hydroxyl groups is 2. The van der Waals surface area contributed by atoms with Crippen molar-refractivity contribution < 1.29 is 23.2 Å².